The lowest BCUT2D eigenvalue weighted by Gasteiger charge is -2.21. The van der Waals surface area contributed by atoms with Crippen LogP contribution in [0.3, 0.4) is 0 Å². The molecule has 0 fully saturated rings. The van der Waals surface area contributed by atoms with Crippen LogP contribution in [0.2, 0.25) is 0 Å². The van der Waals surface area contributed by atoms with E-state index in [0.717, 1.165) is 0 Å². The number of hydrogen-bond acceptors (Lipinski definition) is 8. The van der Waals surface area contributed by atoms with Gasteiger partial charge in [-0.2, -0.15) is 4.98 Å². The maximum absolute atomic E-state index is 13.9. The number of nitrogen functional groups attached to an aromatic ring is 1. The van der Waals surface area contributed by atoms with E-state index in [-0.39, 0.29) is 35.4 Å². The molecule has 0 amide bonds. The first-order valence-electron chi connectivity index (χ1n) is 9.64. The molecule has 0 spiro atoms. The van der Waals surface area contributed by atoms with Crippen molar-refractivity contribution in [3.63, 3.8) is 0 Å². The van der Waals surface area contributed by atoms with Gasteiger partial charge in [0.2, 0.25) is 5.95 Å². The first kappa shape index (κ1) is 23.1. The van der Waals surface area contributed by atoms with Gasteiger partial charge in [0.1, 0.15) is 14.6 Å². The van der Waals surface area contributed by atoms with E-state index in [1.165, 1.54) is 19.5 Å². The molecule has 2 aromatic heterocycles. The summed E-state index contributed by atoms with van der Waals surface area (Å²) in [7, 11) is 0.324. The molecule has 1 atom stereocenters. The van der Waals surface area contributed by atoms with Crippen molar-refractivity contribution >= 4 is 25.4 Å². The highest BCUT2D eigenvalue weighted by Gasteiger charge is 2.14. The maximum atomic E-state index is 13.9. The Morgan fingerprint density at radius 2 is 2.19 bits per heavy atom. The number of nitrogens with one attached hydrogen (secondary N) is 2. The average Bonchev–Trinajstić information content (AvgIpc) is 3.12. The summed E-state index contributed by atoms with van der Waals surface area (Å²) in [6.07, 6.45) is 1.87. The summed E-state index contributed by atoms with van der Waals surface area (Å²) in [5, 5.41) is 3.33. The zero-order valence-corrected chi connectivity index (χ0v) is 18.5. The first-order valence-corrected chi connectivity index (χ1v) is 11.1. The van der Waals surface area contributed by atoms with E-state index in [1.54, 1.807) is 16.7 Å². The minimum Gasteiger partial charge on any atom is -0.494 e. The predicted molar refractivity (Wildman–Crippen MR) is 116 cm³/mol. The Hall–Kier alpha value is -2.59. The normalized spacial score (nSPS) is 12.5. The van der Waals surface area contributed by atoms with Crippen molar-refractivity contribution < 1.29 is 18.4 Å². The van der Waals surface area contributed by atoms with Crippen molar-refractivity contribution in [3.05, 3.63) is 46.3 Å². The standard InChI is InChI=1S/C19H26FN6O4P/c1-12(2)25-31(30-9-13-4-5-15(28-3)14(20)8-13)11-29-7-6-26-10-22-16-17(26)23-19(21)24-18(16)27/h4-5,8,10,12,25H,6-7,9,11H2,1-3H3,(H3,21,23,24,27). The summed E-state index contributed by atoms with van der Waals surface area (Å²) < 4.78 is 32.2. The molecule has 2 heterocycles. The van der Waals surface area contributed by atoms with E-state index in [1.807, 2.05) is 13.8 Å². The monoisotopic (exact) mass is 452 g/mol. The van der Waals surface area contributed by atoms with Crippen LogP contribution >= 0.6 is 8.30 Å². The SMILES string of the molecule is COc1ccc(COP(COCCn2cnc3c(=O)[nH]c(N)nc32)NC(C)C)cc1F. The summed E-state index contributed by atoms with van der Waals surface area (Å²) in [5.41, 5.74) is 6.57. The van der Waals surface area contributed by atoms with Gasteiger partial charge in [0, 0.05) is 12.6 Å². The fraction of sp³-hybridized carbons (Fsp3) is 0.421. The van der Waals surface area contributed by atoms with Crippen LogP contribution in [0.1, 0.15) is 19.4 Å². The number of nitrogens with zero attached hydrogens (tertiary/aromatic N) is 3. The second-order valence-electron chi connectivity index (χ2n) is 7.00. The second kappa shape index (κ2) is 10.6. The minimum absolute atomic E-state index is 0.0354. The third kappa shape index (κ3) is 6.20. The van der Waals surface area contributed by atoms with Gasteiger partial charge >= 0.3 is 0 Å². The molecule has 10 nitrogen and oxygen atoms in total. The molecule has 0 aliphatic rings. The number of fused-ring (bicyclic) bond motifs is 1. The summed E-state index contributed by atoms with van der Waals surface area (Å²) in [4.78, 5) is 22.5. The fourth-order valence-electron chi connectivity index (χ4n) is 2.80. The largest absolute Gasteiger partial charge is 0.494 e. The molecular formula is C19H26FN6O4P. The number of H-pyrrole nitrogens is 1. The Labute approximate surface area is 179 Å². The van der Waals surface area contributed by atoms with Crippen molar-refractivity contribution in [1.29, 1.82) is 0 Å². The zero-order valence-electron chi connectivity index (χ0n) is 17.6. The van der Waals surface area contributed by atoms with Crippen molar-refractivity contribution in [3.8, 4) is 5.75 Å². The van der Waals surface area contributed by atoms with Crippen molar-refractivity contribution in [1.82, 2.24) is 24.6 Å². The van der Waals surface area contributed by atoms with Crippen molar-refractivity contribution in [2.45, 2.75) is 33.0 Å². The van der Waals surface area contributed by atoms with Crippen LogP contribution in [0, 0.1) is 5.82 Å². The van der Waals surface area contributed by atoms with Gasteiger partial charge < -0.3 is 24.3 Å². The summed E-state index contributed by atoms with van der Waals surface area (Å²) in [6.45, 7) is 5.07. The predicted octanol–water partition coefficient (Wildman–Crippen LogP) is 2.35. The van der Waals surface area contributed by atoms with Gasteiger partial charge in [0.25, 0.3) is 5.56 Å². The Morgan fingerprint density at radius 1 is 1.39 bits per heavy atom. The smallest absolute Gasteiger partial charge is 0.280 e. The van der Waals surface area contributed by atoms with Gasteiger partial charge in [0.15, 0.2) is 22.7 Å². The molecule has 0 saturated heterocycles. The average molecular weight is 452 g/mol. The molecule has 4 N–H and O–H groups in total. The van der Waals surface area contributed by atoms with Gasteiger partial charge in [-0.1, -0.05) is 6.07 Å². The molecule has 3 aromatic rings. The molecule has 31 heavy (non-hydrogen) atoms. The van der Waals surface area contributed by atoms with Crippen LogP contribution in [0.5, 0.6) is 5.75 Å². The molecule has 1 aromatic carbocycles. The molecular weight excluding hydrogens is 426 g/mol. The fourth-order valence-corrected chi connectivity index (χ4v) is 4.20. The number of halogens is 1. The van der Waals surface area contributed by atoms with Crippen LogP contribution in [0.15, 0.2) is 29.3 Å². The van der Waals surface area contributed by atoms with Gasteiger partial charge in [-0.15, -0.1) is 0 Å². The highest BCUT2D eigenvalue weighted by Crippen LogP contribution is 2.34. The van der Waals surface area contributed by atoms with Crippen LogP contribution in [-0.2, 0) is 22.4 Å². The molecule has 1 unspecified atom stereocenters. The minimum atomic E-state index is -1.10. The summed E-state index contributed by atoms with van der Waals surface area (Å²) in [6, 6.07) is 4.92. The van der Waals surface area contributed by atoms with E-state index in [2.05, 4.69) is 20.0 Å². The molecule has 0 aliphatic carbocycles. The topological polar surface area (TPSA) is 129 Å². The van der Waals surface area contributed by atoms with E-state index in [9.17, 15) is 9.18 Å². The number of imidazole rings is 1. The van der Waals surface area contributed by atoms with E-state index >= 15 is 0 Å². The second-order valence-corrected chi connectivity index (χ2v) is 8.53. The summed E-state index contributed by atoms with van der Waals surface area (Å²) in [5.74, 6) is -0.199. The van der Waals surface area contributed by atoms with Crippen LogP contribution in [0.4, 0.5) is 10.3 Å². The molecule has 168 valence electrons. The third-order valence-electron chi connectivity index (χ3n) is 4.18. The molecule has 0 aliphatic heterocycles. The van der Waals surface area contributed by atoms with Crippen molar-refractivity contribution in [2.24, 2.45) is 0 Å². The van der Waals surface area contributed by atoms with Gasteiger partial charge in [-0.25, -0.2) is 9.37 Å². The number of aromatic amines is 1. The number of hydrogen-bond donors (Lipinski definition) is 3. The maximum Gasteiger partial charge on any atom is 0.280 e. The molecule has 3 rings (SSSR count). The number of anilines is 1. The molecule has 0 bridgehead atoms. The lowest BCUT2D eigenvalue weighted by Crippen LogP contribution is -2.21. The third-order valence-corrected chi connectivity index (χ3v) is 5.85. The highest BCUT2D eigenvalue weighted by molar-refractivity contribution is 7.50. The van der Waals surface area contributed by atoms with Crippen LogP contribution in [-0.4, -0.2) is 45.6 Å². The lowest BCUT2D eigenvalue weighted by molar-refractivity contribution is 0.159. The molecule has 0 radical (unpaired) electrons. The van der Waals surface area contributed by atoms with E-state index in [0.29, 0.717) is 30.7 Å². The van der Waals surface area contributed by atoms with Crippen molar-refractivity contribution in [2.75, 3.05) is 25.8 Å². The Morgan fingerprint density at radius 3 is 2.90 bits per heavy atom. The Balaban J connectivity index is 1.53. The van der Waals surface area contributed by atoms with Gasteiger partial charge in [0.05, 0.1) is 26.7 Å². The lowest BCUT2D eigenvalue weighted by atomic mass is 10.2. The highest BCUT2D eigenvalue weighted by atomic mass is 31.2. The quantitative estimate of drug-likeness (QED) is 0.299. The Kier molecular flexibility index (Phi) is 7.91. The van der Waals surface area contributed by atoms with Gasteiger partial charge in [-0.3, -0.25) is 14.9 Å². The summed E-state index contributed by atoms with van der Waals surface area (Å²) >= 11 is 0. The first-order chi connectivity index (χ1) is 14.9. The number of rotatable bonds is 11. The Bertz CT molecular complexity index is 1070. The number of aromatic nitrogens is 4. The number of benzene rings is 1. The van der Waals surface area contributed by atoms with Crippen LogP contribution < -0.4 is 21.1 Å². The number of ether oxygens (including phenoxy) is 2. The van der Waals surface area contributed by atoms with Gasteiger partial charge in [-0.05, 0) is 31.5 Å². The number of nitrogens with two attached hydrogens (primary N) is 1. The zero-order chi connectivity index (χ0) is 22.4. The molecule has 12 heteroatoms. The molecule has 0 saturated carbocycles. The van der Waals surface area contributed by atoms with E-state index < -0.39 is 14.1 Å². The van der Waals surface area contributed by atoms with Crippen LogP contribution in [0.25, 0.3) is 11.2 Å². The van der Waals surface area contributed by atoms with E-state index in [4.69, 9.17) is 19.7 Å². The number of methoxy groups -OCH3 is 1.